The highest BCUT2D eigenvalue weighted by Crippen LogP contribution is 2.60. The third kappa shape index (κ3) is 3.41. The van der Waals surface area contributed by atoms with Crippen LogP contribution in [0, 0.1) is 46.8 Å². The number of cyclic esters (lactones) is 2. The maximum atomic E-state index is 12.6. The fraction of sp³-hybridized carbons (Fsp3) is 0.857. The first-order valence-electron chi connectivity index (χ1n) is 10.1. The Balaban J connectivity index is 1.79. The lowest BCUT2D eigenvalue weighted by Gasteiger charge is -2.39. The average molecular weight is 380 g/mol. The zero-order valence-electron chi connectivity index (χ0n) is 16.9. The van der Waals surface area contributed by atoms with Gasteiger partial charge in [-0.3, -0.25) is 14.4 Å². The first-order valence-corrected chi connectivity index (χ1v) is 10.1. The van der Waals surface area contributed by atoms with Crippen molar-refractivity contribution in [2.45, 2.75) is 59.5 Å². The molecule has 3 rings (SSSR count). The fourth-order valence-corrected chi connectivity index (χ4v) is 6.04. The predicted octanol–water partition coefficient (Wildman–Crippen LogP) is 2.57. The van der Waals surface area contributed by atoms with Crippen molar-refractivity contribution in [1.82, 2.24) is 0 Å². The van der Waals surface area contributed by atoms with E-state index in [4.69, 9.17) is 9.47 Å². The molecular formula is C21H32O6. The second-order valence-corrected chi connectivity index (χ2v) is 9.52. The van der Waals surface area contributed by atoms with Gasteiger partial charge in [0.2, 0.25) is 0 Å². The number of rotatable bonds is 6. The van der Waals surface area contributed by atoms with Crippen LogP contribution in [0.5, 0.6) is 0 Å². The molecule has 3 aliphatic rings. The highest BCUT2D eigenvalue weighted by Gasteiger charge is 2.60. The summed E-state index contributed by atoms with van der Waals surface area (Å²) in [4.78, 5) is 37.0. The van der Waals surface area contributed by atoms with Crippen LogP contribution >= 0.6 is 0 Å². The van der Waals surface area contributed by atoms with E-state index in [1.807, 2.05) is 6.92 Å². The first-order chi connectivity index (χ1) is 12.6. The maximum Gasteiger partial charge on any atom is 0.317 e. The molecule has 8 unspecified atom stereocenters. The van der Waals surface area contributed by atoms with Crippen LogP contribution in [0.1, 0.15) is 53.4 Å². The molecule has 2 bridgehead atoms. The summed E-state index contributed by atoms with van der Waals surface area (Å²) in [5.74, 6) is -0.840. The van der Waals surface area contributed by atoms with E-state index in [1.54, 1.807) is 13.8 Å². The van der Waals surface area contributed by atoms with Gasteiger partial charge in [-0.25, -0.2) is 0 Å². The van der Waals surface area contributed by atoms with E-state index in [0.29, 0.717) is 24.7 Å². The van der Waals surface area contributed by atoms with Crippen LogP contribution in [0.2, 0.25) is 0 Å². The van der Waals surface area contributed by atoms with Gasteiger partial charge in [-0.2, -0.15) is 0 Å². The Hall–Kier alpha value is -1.43. The molecule has 8 atom stereocenters. The second-order valence-electron chi connectivity index (χ2n) is 9.52. The number of aliphatic hydroxyl groups is 1. The minimum Gasteiger partial charge on any atom is -0.469 e. The number of hydrogen-bond acceptors (Lipinski definition) is 6. The van der Waals surface area contributed by atoms with Crippen molar-refractivity contribution in [3.8, 4) is 0 Å². The van der Waals surface area contributed by atoms with E-state index in [2.05, 4.69) is 6.92 Å². The molecule has 27 heavy (non-hydrogen) atoms. The van der Waals surface area contributed by atoms with E-state index in [0.717, 1.165) is 12.8 Å². The molecule has 1 aliphatic heterocycles. The van der Waals surface area contributed by atoms with Gasteiger partial charge in [0.15, 0.2) is 0 Å². The quantitative estimate of drug-likeness (QED) is 0.563. The normalized spacial score (nSPS) is 39.6. The van der Waals surface area contributed by atoms with E-state index in [9.17, 15) is 19.5 Å². The smallest absolute Gasteiger partial charge is 0.317 e. The molecule has 2 saturated carbocycles. The predicted molar refractivity (Wildman–Crippen MR) is 97.1 cm³/mol. The third-order valence-electron chi connectivity index (χ3n) is 7.61. The van der Waals surface area contributed by atoms with E-state index < -0.39 is 35.3 Å². The number of ether oxygens (including phenoxy) is 2. The minimum absolute atomic E-state index is 0.0635. The molecule has 6 heteroatoms. The van der Waals surface area contributed by atoms with Crippen molar-refractivity contribution in [2.75, 3.05) is 7.11 Å². The Bertz CT molecular complexity index is 624. The maximum absolute atomic E-state index is 12.6. The SMILES string of the molecule is COC(=O)C(C)(C)CCC1C(=O)OC(=O)C1C1C(C)C2CC(C(C)O)C1C2. The molecule has 1 heterocycles. The van der Waals surface area contributed by atoms with Crippen LogP contribution < -0.4 is 0 Å². The molecule has 0 aromatic carbocycles. The van der Waals surface area contributed by atoms with E-state index >= 15 is 0 Å². The molecule has 6 nitrogen and oxygen atoms in total. The number of carbonyl (C=O) groups excluding carboxylic acids is 3. The van der Waals surface area contributed by atoms with E-state index in [-0.39, 0.29) is 23.7 Å². The van der Waals surface area contributed by atoms with Gasteiger partial charge in [0, 0.05) is 0 Å². The van der Waals surface area contributed by atoms with Crippen molar-refractivity contribution < 1.29 is 29.0 Å². The summed E-state index contributed by atoms with van der Waals surface area (Å²) in [5, 5.41) is 10.2. The molecule has 152 valence electrons. The second kappa shape index (κ2) is 7.19. The van der Waals surface area contributed by atoms with Crippen molar-refractivity contribution in [2.24, 2.45) is 46.8 Å². The molecule has 0 radical (unpaired) electrons. The lowest BCUT2D eigenvalue weighted by Crippen LogP contribution is -2.40. The van der Waals surface area contributed by atoms with Gasteiger partial charge < -0.3 is 14.6 Å². The summed E-state index contributed by atoms with van der Waals surface area (Å²) in [7, 11) is 1.35. The number of methoxy groups -OCH3 is 1. The van der Waals surface area contributed by atoms with Gasteiger partial charge in [0.25, 0.3) is 0 Å². The Kier molecular flexibility index (Phi) is 5.41. The monoisotopic (exact) mass is 380 g/mol. The number of esters is 3. The fourth-order valence-electron chi connectivity index (χ4n) is 6.04. The molecule has 1 saturated heterocycles. The van der Waals surface area contributed by atoms with Crippen molar-refractivity contribution in [3.05, 3.63) is 0 Å². The molecule has 0 amide bonds. The standard InChI is InChI=1S/C21H32O6/c1-10-12-8-14(11(2)22)15(9-12)16(10)17-13(18(23)27-19(17)24)6-7-21(3,4)20(25)26-5/h10-17,22H,6-9H2,1-5H3. The van der Waals surface area contributed by atoms with Crippen molar-refractivity contribution in [3.63, 3.8) is 0 Å². The van der Waals surface area contributed by atoms with Gasteiger partial charge >= 0.3 is 17.9 Å². The van der Waals surface area contributed by atoms with Crippen LogP contribution in [0.3, 0.4) is 0 Å². The molecular weight excluding hydrogens is 348 g/mol. The Morgan fingerprint density at radius 1 is 1.30 bits per heavy atom. The van der Waals surface area contributed by atoms with Gasteiger partial charge in [-0.15, -0.1) is 0 Å². The zero-order chi connectivity index (χ0) is 20.1. The molecule has 0 aromatic heterocycles. The number of fused-ring (bicyclic) bond motifs is 2. The lowest BCUT2D eigenvalue weighted by molar-refractivity contribution is -0.155. The van der Waals surface area contributed by atoms with Crippen LogP contribution in [0.15, 0.2) is 0 Å². The minimum atomic E-state index is -0.715. The van der Waals surface area contributed by atoms with Gasteiger partial charge in [-0.1, -0.05) is 6.92 Å². The summed E-state index contributed by atoms with van der Waals surface area (Å²) in [5.41, 5.74) is -0.715. The average Bonchev–Trinajstić information content (AvgIpc) is 3.23. The number of carbonyl (C=O) groups is 3. The molecule has 0 spiro atoms. The lowest BCUT2D eigenvalue weighted by atomic mass is 9.64. The Morgan fingerprint density at radius 3 is 2.52 bits per heavy atom. The molecule has 3 fully saturated rings. The topological polar surface area (TPSA) is 89.9 Å². The summed E-state index contributed by atoms with van der Waals surface area (Å²) in [6.45, 7) is 7.57. The highest BCUT2D eigenvalue weighted by atomic mass is 16.6. The van der Waals surface area contributed by atoms with Crippen LogP contribution in [0.25, 0.3) is 0 Å². The van der Waals surface area contributed by atoms with Crippen LogP contribution in [-0.4, -0.2) is 36.2 Å². The van der Waals surface area contributed by atoms with Crippen LogP contribution in [0.4, 0.5) is 0 Å². The molecule has 1 N–H and O–H groups in total. The highest BCUT2D eigenvalue weighted by molar-refractivity contribution is 5.96. The van der Waals surface area contributed by atoms with Gasteiger partial charge in [0.1, 0.15) is 0 Å². The summed E-state index contributed by atoms with van der Waals surface area (Å²) in [6, 6.07) is 0. The number of hydrogen-bond donors (Lipinski definition) is 1. The Labute approximate surface area is 161 Å². The molecule has 0 aromatic rings. The first kappa shape index (κ1) is 20.3. The summed E-state index contributed by atoms with van der Waals surface area (Å²) in [6.07, 6.45) is 2.49. The van der Waals surface area contributed by atoms with Crippen LogP contribution in [-0.2, 0) is 23.9 Å². The Morgan fingerprint density at radius 2 is 1.96 bits per heavy atom. The number of aliphatic hydroxyl groups excluding tert-OH is 1. The summed E-state index contributed by atoms with van der Waals surface area (Å²) >= 11 is 0. The van der Waals surface area contributed by atoms with Crippen molar-refractivity contribution in [1.29, 1.82) is 0 Å². The summed E-state index contributed by atoms with van der Waals surface area (Å²) < 4.78 is 9.90. The molecule has 2 aliphatic carbocycles. The van der Waals surface area contributed by atoms with Gasteiger partial charge in [0.05, 0.1) is 30.5 Å². The van der Waals surface area contributed by atoms with Gasteiger partial charge in [-0.05, 0) is 76.0 Å². The zero-order valence-corrected chi connectivity index (χ0v) is 16.9. The largest absolute Gasteiger partial charge is 0.469 e. The third-order valence-corrected chi connectivity index (χ3v) is 7.61. The van der Waals surface area contributed by atoms with E-state index in [1.165, 1.54) is 7.11 Å². The van der Waals surface area contributed by atoms with Crippen molar-refractivity contribution >= 4 is 17.9 Å².